The SMILES string of the molecule is C[B]C(=O)N1CCOC(CCC)(c2ccc(Cl)c(Cl)c2)C1. The van der Waals surface area contributed by atoms with Crippen molar-refractivity contribution in [2.45, 2.75) is 32.2 Å². The van der Waals surface area contributed by atoms with E-state index in [1.54, 1.807) is 20.2 Å². The van der Waals surface area contributed by atoms with Crippen molar-refractivity contribution in [3.63, 3.8) is 0 Å². The Hall–Kier alpha value is -0.705. The predicted molar refractivity (Wildman–Crippen MR) is 87.6 cm³/mol. The molecule has 1 unspecified atom stereocenters. The lowest BCUT2D eigenvalue weighted by molar-refractivity contribution is -0.106. The van der Waals surface area contributed by atoms with E-state index in [9.17, 15) is 4.79 Å². The lowest BCUT2D eigenvalue weighted by Crippen LogP contribution is -2.52. The Morgan fingerprint density at radius 3 is 2.81 bits per heavy atom. The van der Waals surface area contributed by atoms with Gasteiger partial charge >= 0.3 is 0 Å². The van der Waals surface area contributed by atoms with Crippen molar-refractivity contribution in [3.8, 4) is 0 Å². The number of nitrogens with zero attached hydrogens (tertiary/aromatic N) is 1. The van der Waals surface area contributed by atoms with Crippen molar-refractivity contribution < 1.29 is 9.53 Å². The molecule has 1 atom stereocenters. The van der Waals surface area contributed by atoms with E-state index in [4.69, 9.17) is 27.9 Å². The number of carbonyl (C=O) groups is 1. The maximum atomic E-state index is 12.0. The Bertz CT molecular complexity index is 522. The van der Waals surface area contributed by atoms with Gasteiger partial charge in [0.05, 0.1) is 23.2 Å². The Kier molecular flexibility index (Phi) is 5.58. The van der Waals surface area contributed by atoms with Crippen LogP contribution in [0.1, 0.15) is 25.3 Å². The number of benzene rings is 1. The second kappa shape index (κ2) is 7.04. The van der Waals surface area contributed by atoms with Crippen LogP contribution in [-0.4, -0.2) is 37.7 Å². The average Bonchev–Trinajstić information content (AvgIpc) is 2.49. The van der Waals surface area contributed by atoms with Gasteiger partial charge in [0.2, 0.25) is 7.28 Å². The second-order valence-electron chi connectivity index (χ2n) is 5.27. The molecule has 1 radical (unpaired) electrons. The van der Waals surface area contributed by atoms with E-state index < -0.39 is 5.60 Å². The Balaban J connectivity index is 2.35. The minimum absolute atomic E-state index is 0.0406. The van der Waals surface area contributed by atoms with Crippen LogP contribution in [0.3, 0.4) is 0 Å². The molecule has 0 bridgehead atoms. The summed E-state index contributed by atoms with van der Waals surface area (Å²) in [5, 5.41) is 1.04. The lowest BCUT2D eigenvalue weighted by atomic mass is 9.79. The first-order valence-corrected chi connectivity index (χ1v) is 7.96. The molecule has 21 heavy (non-hydrogen) atoms. The summed E-state index contributed by atoms with van der Waals surface area (Å²) in [5.41, 5.74) is 0.479. The van der Waals surface area contributed by atoms with E-state index in [-0.39, 0.29) is 5.81 Å². The highest BCUT2D eigenvalue weighted by atomic mass is 35.5. The molecule has 2 rings (SSSR count). The molecule has 6 heteroatoms. The van der Waals surface area contributed by atoms with Gasteiger partial charge in [-0.2, -0.15) is 0 Å². The van der Waals surface area contributed by atoms with Gasteiger partial charge in [0, 0.05) is 6.54 Å². The van der Waals surface area contributed by atoms with Gasteiger partial charge in [-0.05, 0) is 24.1 Å². The van der Waals surface area contributed by atoms with Crippen LogP contribution in [0.15, 0.2) is 18.2 Å². The fourth-order valence-corrected chi connectivity index (χ4v) is 3.11. The Morgan fingerprint density at radius 1 is 1.43 bits per heavy atom. The van der Waals surface area contributed by atoms with Gasteiger partial charge in [-0.1, -0.05) is 49.4 Å². The first kappa shape index (κ1) is 16.7. The van der Waals surface area contributed by atoms with Gasteiger partial charge in [-0.25, -0.2) is 0 Å². The highest BCUT2D eigenvalue weighted by Crippen LogP contribution is 2.37. The van der Waals surface area contributed by atoms with Gasteiger partial charge in [0.15, 0.2) is 5.81 Å². The first-order valence-electron chi connectivity index (χ1n) is 7.20. The number of amides is 1. The van der Waals surface area contributed by atoms with Crippen LogP contribution in [0.25, 0.3) is 0 Å². The molecule has 1 aromatic rings. The number of morpholine rings is 1. The standard InChI is InChI=1S/C15H19BCl2NO2/c1-3-6-15(11-4-5-12(17)13(18)9-11)10-19(7-8-21-15)14(20)16-2/h4-5,9H,3,6-8,10H2,1-2H3. The number of rotatable bonds is 4. The average molecular weight is 327 g/mol. The Morgan fingerprint density at radius 2 is 2.19 bits per heavy atom. The molecule has 1 heterocycles. The molecular weight excluding hydrogens is 308 g/mol. The normalized spacial score (nSPS) is 22.2. The third kappa shape index (κ3) is 3.55. The van der Waals surface area contributed by atoms with Crippen LogP contribution in [0, 0.1) is 0 Å². The molecule has 3 nitrogen and oxygen atoms in total. The number of halogens is 2. The molecule has 1 aromatic carbocycles. The third-order valence-electron chi connectivity index (χ3n) is 3.84. The van der Waals surface area contributed by atoms with Crippen molar-refractivity contribution in [3.05, 3.63) is 33.8 Å². The summed E-state index contributed by atoms with van der Waals surface area (Å²) >= 11 is 12.1. The zero-order valence-electron chi connectivity index (χ0n) is 12.4. The predicted octanol–water partition coefficient (Wildman–Crippen LogP) is 4.19. The number of hydrogen-bond acceptors (Lipinski definition) is 2. The fourth-order valence-electron chi connectivity index (χ4n) is 2.81. The minimum atomic E-state index is -0.500. The number of carbonyl (C=O) groups excluding carboxylic acids is 1. The molecule has 1 aliphatic heterocycles. The molecule has 1 amide bonds. The summed E-state index contributed by atoms with van der Waals surface area (Å²) in [7, 11) is 1.59. The number of hydrogen-bond donors (Lipinski definition) is 0. The largest absolute Gasteiger partial charge is 0.367 e. The molecule has 0 saturated carbocycles. The van der Waals surface area contributed by atoms with Crippen LogP contribution in [-0.2, 0) is 10.3 Å². The minimum Gasteiger partial charge on any atom is -0.367 e. The highest BCUT2D eigenvalue weighted by molar-refractivity contribution is 6.72. The van der Waals surface area contributed by atoms with Crippen molar-refractivity contribution in [1.82, 2.24) is 4.90 Å². The zero-order valence-corrected chi connectivity index (χ0v) is 13.9. The van der Waals surface area contributed by atoms with E-state index in [0.29, 0.717) is 29.7 Å². The van der Waals surface area contributed by atoms with Gasteiger partial charge in [-0.15, -0.1) is 0 Å². The molecule has 0 aliphatic carbocycles. The van der Waals surface area contributed by atoms with Crippen LogP contribution < -0.4 is 0 Å². The summed E-state index contributed by atoms with van der Waals surface area (Å²) in [5.74, 6) is 0.0406. The summed E-state index contributed by atoms with van der Waals surface area (Å²) in [4.78, 5) is 13.8. The van der Waals surface area contributed by atoms with E-state index >= 15 is 0 Å². The molecular formula is C15H19BCl2NO2. The lowest BCUT2D eigenvalue weighted by Gasteiger charge is -2.43. The molecule has 1 aliphatic rings. The third-order valence-corrected chi connectivity index (χ3v) is 4.58. The summed E-state index contributed by atoms with van der Waals surface area (Å²) in [6, 6.07) is 5.57. The summed E-state index contributed by atoms with van der Waals surface area (Å²) in [6.07, 6.45) is 1.79. The molecule has 1 fully saturated rings. The van der Waals surface area contributed by atoms with Crippen molar-refractivity contribution in [1.29, 1.82) is 0 Å². The van der Waals surface area contributed by atoms with Gasteiger partial charge in [-0.3, -0.25) is 4.79 Å². The maximum Gasteiger partial charge on any atom is 0.229 e. The van der Waals surface area contributed by atoms with Crippen molar-refractivity contribution in [2.24, 2.45) is 0 Å². The van der Waals surface area contributed by atoms with Crippen LogP contribution in [0.4, 0.5) is 4.79 Å². The molecule has 113 valence electrons. The smallest absolute Gasteiger partial charge is 0.229 e. The zero-order chi connectivity index (χ0) is 15.5. The van der Waals surface area contributed by atoms with Gasteiger partial charge < -0.3 is 9.64 Å². The fraction of sp³-hybridized carbons (Fsp3) is 0.533. The Labute approximate surface area is 136 Å². The highest BCUT2D eigenvalue weighted by Gasteiger charge is 2.39. The quantitative estimate of drug-likeness (QED) is 0.776. The summed E-state index contributed by atoms with van der Waals surface area (Å²) in [6.45, 7) is 5.56. The number of ether oxygens (including phenoxy) is 1. The van der Waals surface area contributed by atoms with Crippen LogP contribution >= 0.6 is 23.2 Å². The van der Waals surface area contributed by atoms with Crippen LogP contribution in [0.2, 0.25) is 16.9 Å². The van der Waals surface area contributed by atoms with Crippen molar-refractivity contribution in [2.75, 3.05) is 19.7 Å². The van der Waals surface area contributed by atoms with E-state index in [2.05, 4.69) is 6.92 Å². The summed E-state index contributed by atoms with van der Waals surface area (Å²) < 4.78 is 6.10. The van der Waals surface area contributed by atoms with E-state index in [1.165, 1.54) is 0 Å². The molecule has 0 spiro atoms. The van der Waals surface area contributed by atoms with Crippen molar-refractivity contribution >= 4 is 36.3 Å². The van der Waals surface area contributed by atoms with E-state index in [0.717, 1.165) is 18.4 Å². The van der Waals surface area contributed by atoms with E-state index in [1.807, 2.05) is 17.0 Å². The molecule has 0 N–H and O–H groups in total. The van der Waals surface area contributed by atoms with Gasteiger partial charge in [0.1, 0.15) is 5.60 Å². The second-order valence-corrected chi connectivity index (χ2v) is 6.08. The topological polar surface area (TPSA) is 29.5 Å². The monoisotopic (exact) mass is 326 g/mol. The molecule has 0 aromatic heterocycles. The molecule has 1 saturated heterocycles. The van der Waals surface area contributed by atoms with Crippen LogP contribution in [0.5, 0.6) is 0 Å². The van der Waals surface area contributed by atoms with Gasteiger partial charge in [0.25, 0.3) is 0 Å². The first-order chi connectivity index (χ1) is 10.0. The maximum absolute atomic E-state index is 12.0.